The van der Waals surface area contributed by atoms with Crippen molar-refractivity contribution in [3.8, 4) is 11.5 Å². The Morgan fingerprint density at radius 2 is 1.60 bits per heavy atom. The molecule has 2 N–H and O–H groups in total. The first kappa shape index (κ1) is 14.4. The fourth-order valence-corrected chi connectivity index (χ4v) is 2.06. The van der Waals surface area contributed by atoms with Gasteiger partial charge in [0.05, 0.1) is 19.3 Å². The van der Waals surface area contributed by atoms with Crippen molar-refractivity contribution in [2.45, 2.75) is 26.0 Å². The summed E-state index contributed by atoms with van der Waals surface area (Å²) in [7, 11) is 1.65. The van der Waals surface area contributed by atoms with E-state index in [0.29, 0.717) is 0 Å². The minimum Gasteiger partial charge on any atom is -0.497 e. The van der Waals surface area contributed by atoms with E-state index in [1.807, 2.05) is 62.4 Å². The zero-order chi connectivity index (χ0) is 14.5. The number of ether oxygens (including phenoxy) is 2. The molecule has 1 atom stereocenters. The summed E-state index contributed by atoms with van der Waals surface area (Å²) in [4.78, 5) is 0. The quantitative estimate of drug-likeness (QED) is 0.904. The van der Waals surface area contributed by atoms with Gasteiger partial charge in [-0.15, -0.1) is 0 Å². The zero-order valence-corrected chi connectivity index (χ0v) is 12.2. The average molecular weight is 271 g/mol. The van der Waals surface area contributed by atoms with E-state index in [-0.39, 0.29) is 12.1 Å². The van der Waals surface area contributed by atoms with Crippen molar-refractivity contribution in [3.05, 3.63) is 59.7 Å². The average Bonchev–Trinajstić information content (AvgIpc) is 2.46. The number of methoxy groups -OCH3 is 1. The molecule has 0 radical (unpaired) electrons. The summed E-state index contributed by atoms with van der Waals surface area (Å²) in [5, 5.41) is 0. The second-order valence-electron chi connectivity index (χ2n) is 4.99. The molecule has 0 amide bonds. The third-order valence-electron chi connectivity index (χ3n) is 3.06. The summed E-state index contributed by atoms with van der Waals surface area (Å²) < 4.78 is 10.9. The highest BCUT2D eigenvalue weighted by molar-refractivity contribution is 5.38. The second kappa shape index (κ2) is 6.44. The first-order valence-corrected chi connectivity index (χ1v) is 6.76. The van der Waals surface area contributed by atoms with Gasteiger partial charge in [-0.05, 0) is 49.2 Å². The first-order valence-electron chi connectivity index (χ1n) is 6.76. The Balaban J connectivity index is 2.20. The Kier molecular flexibility index (Phi) is 4.64. The molecule has 2 aromatic rings. The molecule has 0 aromatic heterocycles. The molecular formula is C17H21NO2. The molecule has 0 aliphatic carbocycles. The summed E-state index contributed by atoms with van der Waals surface area (Å²) in [5.74, 6) is 1.68. The molecule has 20 heavy (non-hydrogen) atoms. The highest BCUT2D eigenvalue weighted by atomic mass is 16.5. The van der Waals surface area contributed by atoms with E-state index < -0.39 is 0 Å². The van der Waals surface area contributed by atoms with E-state index in [9.17, 15) is 0 Å². The standard InChI is InChI=1S/C17H21NO2/c1-12(2)20-16-6-4-5-14(11-16)17(18)13-7-9-15(19-3)10-8-13/h4-12,17H,18H2,1-3H3. The Bertz CT molecular complexity index is 549. The van der Waals surface area contributed by atoms with Crippen LogP contribution in [0.3, 0.4) is 0 Å². The smallest absolute Gasteiger partial charge is 0.120 e. The summed E-state index contributed by atoms with van der Waals surface area (Å²) >= 11 is 0. The largest absolute Gasteiger partial charge is 0.497 e. The van der Waals surface area contributed by atoms with Crippen LogP contribution in [0.2, 0.25) is 0 Å². The maximum atomic E-state index is 6.31. The van der Waals surface area contributed by atoms with E-state index in [2.05, 4.69) is 0 Å². The normalized spacial score (nSPS) is 12.2. The molecule has 0 spiro atoms. The van der Waals surface area contributed by atoms with Crippen LogP contribution in [-0.4, -0.2) is 13.2 Å². The lowest BCUT2D eigenvalue weighted by Gasteiger charge is -2.16. The van der Waals surface area contributed by atoms with E-state index in [1.54, 1.807) is 7.11 Å². The highest BCUT2D eigenvalue weighted by Crippen LogP contribution is 2.25. The predicted molar refractivity (Wildman–Crippen MR) is 81.2 cm³/mol. The molecule has 0 fully saturated rings. The number of nitrogens with two attached hydrogens (primary N) is 1. The molecule has 2 aromatic carbocycles. The van der Waals surface area contributed by atoms with E-state index >= 15 is 0 Å². The zero-order valence-electron chi connectivity index (χ0n) is 12.2. The van der Waals surface area contributed by atoms with Gasteiger partial charge in [-0.1, -0.05) is 24.3 Å². The third-order valence-corrected chi connectivity index (χ3v) is 3.06. The monoisotopic (exact) mass is 271 g/mol. The van der Waals surface area contributed by atoms with Crippen LogP contribution in [-0.2, 0) is 0 Å². The molecule has 3 heteroatoms. The van der Waals surface area contributed by atoms with Crippen molar-refractivity contribution in [1.29, 1.82) is 0 Å². The minimum absolute atomic E-state index is 0.155. The Labute approximate surface area is 120 Å². The van der Waals surface area contributed by atoms with Gasteiger partial charge in [-0.25, -0.2) is 0 Å². The van der Waals surface area contributed by atoms with Gasteiger partial charge < -0.3 is 15.2 Å². The fourth-order valence-electron chi connectivity index (χ4n) is 2.06. The SMILES string of the molecule is COc1ccc(C(N)c2cccc(OC(C)C)c2)cc1. The van der Waals surface area contributed by atoms with Crippen molar-refractivity contribution < 1.29 is 9.47 Å². The Morgan fingerprint density at radius 3 is 2.20 bits per heavy atom. The summed E-state index contributed by atoms with van der Waals surface area (Å²) in [6.45, 7) is 4.02. The molecule has 2 rings (SSSR count). The molecule has 1 unspecified atom stereocenters. The lowest BCUT2D eigenvalue weighted by atomic mass is 9.99. The Hall–Kier alpha value is -2.00. The maximum Gasteiger partial charge on any atom is 0.120 e. The van der Waals surface area contributed by atoms with Crippen molar-refractivity contribution in [3.63, 3.8) is 0 Å². The van der Waals surface area contributed by atoms with Crippen molar-refractivity contribution in [2.24, 2.45) is 5.73 Å². The Morgan fingerprint density at radius 1 is 0.900 bits per heavy atom. The summed E-state index contributed by atoms with van der Waals surface area (Å²) in [6, 6.07) is 15.6. The minimum atomic E-state index is -0.170. The van der Waals surface area contributed by atoms with Crippen LogP contribution >= 0.6 is 0 Å². The molecular weight excluding hydrogens is 250 g/mol. The van der Waals surface area contributed by atoms with Crippen molar-refractivity contribution in [1.82, 2.24) is 0 Å². The van der Waals surface area contributed by atoms with Gasteiger partial charge >= 0.3 is 0 Å². The van der Waals surface area contributed by atoms with Crippen molar-refractivity contribution >= 4 is 0 Å². The van der Waals surface area contributed by atoms with Gasteiger partial charge in [-0.2, -0.15) is 0 Å². The highest BCUT2D eigenvalue weighted by Gasteiger charge is 2.10. The number of rotatable bonds is 5. The van der Waals surface area contributed by atoms with Gasteiger partial charge in [-0.3, -0.25) is 0 Å². The van der Waals surface area contributed by atoms with Crippen LogP contribution in [0.5, 0.6) is 11.5 Å². The first-order chi connectivity index (χ1) is 9.60. The van der Waals surface area contributed by atoms with E-state index in [0.717, 1.165) is 22.6 Å². The third kappa shape index (κ3) is 3.52. The molecule has 106 valence electrons. The molecule has 0 bridgehead atoms. The molecule has 0 aliphatic rings. The second-order valence-corrected chi connectivity index (χ2v) is 4.99. The van der Waals surface area contributed by atoms with E-state index in [1.165, 1.54) is 0 Å². The van der Waals surface area contributed by atoms with Crippen LogP contribution in [0.15, 0.2) is 48.5 Å². The molecule has 0 saturated carbocycles. The topological polar surface area (TPSA) is 44.5 Å². The summed E-state index contributed by atoms with van der Waals surface area (Å²) in [6.07, 6.45) is 0.155. The van der Waals surface area contributed by atoms with Gasteiger partial charge in [0.2, 0.25) is 0 Å². The van der Waals surface area contributed by atoms with E-state index in [4.69, 9.17) is 15.2 Å². The van der Waals surface area contributed by atoms with Gasteiger partial charge in [0, 0.05) is 0 Å². The lowest BCUT2D eigenvalue weighted by molar-refractivity contribution is 0.242. The number of hydrogen-bond acceptors (Lipinski definition) is 3. The van der Waals surface area contributed by atoms with Gasteiger partial charge in [0.1, 0.15) is 11.5 Å². The van der Waals surface area contributed by atoms with Crippen LogP contribution in [0.4, 0.5) is 0 Å². The van der Waals surface area contributed by atoms with Gasteiger partial charge in [0.15, 0.2) is 0 Å². The van der Waals surface area contributed by atoms with Crippen LogP contribution in [0.25, 0.3) is 0 Å². The molecule has 3 nitrogen and oxygen atoms in total. The number of benzene rings is 2. The molecule has 0 saturated heterocycles. The predicted octanol–water partition coefficient (Wildman–Crippen LogP) is 3.53. The lowest BCUT2D eigenvalue weighted by Crippen LogP contribution is -2.12. The van der Waals surface area contributed by atoms with Crippen LogP contribution in [0, 0.1) is 0 Å². The fraction of sp³-hybridized carbons (Fsp3) is 0.294. The van der Waals surface area contributed by atoms with Crippen molar-refractivity contribution in [2.75, 3.05) is 7.11 Å². The van der Waals surface area contributed by atoms with Gasteiger partial charge in [0.25, 0.3) is 0 Å². The molecule has 0 heterocycles. The van der Waals surface area contributed by atoms with Crippen LogP contribution < -0.4 is 15.2 Å². The number of hydrogen-bond donors (Lipinski definition) is 1. The maximum absolute atomic E-state index is 6.31. The molecule has 0 aliphatic heterocycles. The summed E-state index contributed by atoms with van der Waals surface area (Å²) in [5.41, 5.74) is 8.40. The van der Waals surface area contributed by atoms with Crippen LogP contribution in [0.1, 0.15) is 31.0 Å².